The second kappa shape index (κ2) is 8.25. The molecule has 0 saturated carbocycles. The minimum Gasteiger partial charge on any atom is -0.291 e. The number of nitrogens with zero attached hydrogens (tertiary/aromatic N) is 2. The summed E-state index contributed by atoms with van der Waals surface area (Å²) in [5.74, 6) is -1.08. The molecule has 2 fully saturated rings. The number of anilines is 1. The van der Waals surface area contributed by atoms with Gasteiger partial charge in [-0.05, 0) is 49.2 Å². The zero-order valence-electron chi connectivity index (χ0n) is 16.2. The van der Waals surface area contributed by atoms with Crippen molar-refractivity contribution in [3.63, 3.8) is 0 Å². The normalized spacial score (nSPS) is 21.4. The molecule has 2 amide bonds. The molecule has 1 unspecified atom stereocenters. The molecule has 2 aromatic carbocycles. The van der Waals surface area contributed by atoms with Crippen LogP contribution in [0.5, 0.6) is 0 Å². The van der Waals surface area contributed by atoms with Gasteiger partial charge in [0.05, 0.1) is 23.0 Å². The first-order valence-corrected chi connectivity index (χ1v) is 11.3. The van der Waals surface area contributed by atoms with Crippen molar-refractivity contribution >= 4 is 27.5 Å². The molecular formula is C21H22FN3O4S. The summed E-state index contributed by atoms with van der Waals surface area (Å²) < 4.78 is 40.9. The van der Waals surface area contributed by atoms with E-state index in [2.05, 4.69) is 4.72 Å². The summed E-state index contributed by atoms with van der Waals surface area (Å²) in [5, 5.41) is 0. The molecule has 2 aromatic rings. The predicted octanol–water partition coefficient (Wildman–Crippen LogP) is 1.90. The Morgan fingerprint density at radius 1 is 0.933 bits per heavy atom. The molecule has 0 bridgehead atoms. The van der Waals surface area contributed by atoms with Crippen molar-refractivity contribution in [3.05, 3.63) is 60.4 Å². The average molecular weight is 431 g/mol. The van der Waals surface area contributed by atoms with E-state index in [-0.39, 0.29) is 29.2 Å². The Kier molecular flexibility index (Phi) is 5.68. The molecule has 30 heavy (non-hydrogen) atoms. The highest BCUT2D eigenvalue weighted by Crippen LogP contribution is 2.28. The number of carbonyl (C=O) groups is 2. The summed E-state index contributed by atoms with van der Waals surface area (Å²) in [7, 11) is -3.59. The van der Waals surface area contributed by atoms with Crippen LogP contribution in [0.1, 0.15) is 19.3 Å². The summed E-state index contributed by atoms with van der Waals surface area (Å²) in [5.41, 5.74) is 0.361. The van der Waals surface area contributed by atoms with Crippen LogP contribution in [0.2, 0.25) is 0 Å². The number of hydrogen-bond donors (Lipinski definition) is 1. The molecule has 0 aromatic heterocycles. The monoisotopic (exact) mass is 431 g/mol. The number of carbonyl (C=O) groups excluding carboxylic acids is 2. The number of hydrogen-bond acceptors (Lipinski definition) is 5. The number of piperidine rings is 1. The maximum absolute atomic E-state index is 13.2. The Morgan fingerprint density at radius 3 is 2.20 bits per heavy atom. The van der Waals surface area contributed by atoms with E-state index in [1.54, 1.807) is 30.3 Å². The Labute approximate surface area is 174 Å². The molecule has 2 saturated heterocycles. The molecule has 0 aliphatic carbocycles. The number of nitrogens with one attached hydrogen (secondary N) is 1. The van der Waals surface area contributed by atoms with E-state index >= 15 is 0 Å². The predicted molar refractivity (Wildman–Crippen MR) is 109 cm³/mol. The van der Waals surface area contributed by atoms with Crippen LogP contribution in [0.25, 0.3) is 0 Å². The number of likely N-dealkylation sites (tertiary alicyclic amines) is 1. The molecule has 9 heteroatoms. The molecule has 0 spiro atoms. The summed E-state index contributed by atoms with van der Waals surface area (Å²) >= 11 is 0. The van der Waals surface area contributed by atoms with Crippen LogP contribution in [0.4, 0.5) is 10.1 Å². The van der Waals surface area contributed by atoms with Crippen molar-refractivity contribution in [3.8, 4) is 0 Å². The van der Waals surface area contributed by atoms with Crippen LogP contribution in [0.15, 0.2) is 59.5 Å². The first kappa shape index (κ1) is 20.6. The van der Waals surface area contributed by atoms with Crippen molar-refractivity contribution < 1.29 is 22.4 Å². The SMILES string of the molecule is O=C1CC(N2CCC(NS(=O)(=O)c3ccccc3)CC2)C(=O)N1c1ccc(F)cc1. The van der Waals surface area contributed by atoms with Gasteiger partial charge in [0.15, 0.2) is 0 Å². The topological polar surface area (TPSA) is 86.8 Å². The van der Waals surface area contributed by atoms with Gasteiger partial charge in [-0.25, -0.2) is 22.4 Å². The van der Waals surface area contributed by atoms with Crippen molar-refractivity contribution in [2.45, 2.75) is 36.2 Å². The fourth-order valence-corrected chi connectivity index (χ4v) is 5.30. The summed E-state index contributed by atoms with van der Waals surface area (Å²) in [6.45, 7) is 1.01. The molecular weight excluding hydrogens is 409 g/mol. The van der Waals surface area contributed by atoms with Crippen LogP contribution in [0, 0.1) is 5.82 Å². The number of halogens is 1. The van der Waals surface area contributed by atoms with Crippen molar-refractivity contribution in [2.75, 3.05) is 18.0 Å². The molecule has 1 N–H and O–H groups in total. The minimum absolute atomic E-state index is 0.0661. The summed E-state index contributed by atoms with van der Waals surface area (Å²) in [6.07, 6.45) is 1.15. The lowest BCUT2D eigenvalue weighted by molar-refractivity contribution is -0.123. The number of sulfonamides is 1. The Balaban J connectivity index is 1.38. The highest BCUT2D eigenvalue weighted by molar-refractivity contribution is 7.89. The van der Waals surface area contributed by atoms with Gasteiger partial charge in [-0.1, -0.05) is 18.2 Å². The van der Waals surface area contributed by atoms with E-state index in [9.17, 15) is 22.4 Å². The fourth-order valence-electron chi connectivity index (χ4n) is 3.98. The molecule has 4 rings (SSSR count). The van der Waals surface area contributed by atoms with Crippen LogP contribution in [0.3, 0.4) is 0 Å². The molecule has 0 radical (unpaired) electrons. The van der Waals surface area contributed by atoms with E-state index in [0.29, 0.717) is 31.6 Å². The molecule has 2 heterocycles. The highest BCUT2D eigenvalue weighted by atomic mass is 32.2. The van der Waals surface area contributed by atoms with E-state index < -0.39 is 21.9 Å². The van der Waals surface area contributed by atoms with Crippen LogP contribution < -0.4 is 9.62 Å². The molecule has 1 atom stereocenters. The van der Waals surface area contributed by atoms with Crippen LogP contribution in [-0.4, -0.2) is 50.3 Å². The van der Waals surface area contributed by atoms with Gasteiger partial charge in [-0.15, -0.1) is 0 Å². The lowest BCUT2D eigenvalue weighted by atomic mass is 10.0. The summed E-state index contributed by atoms with van der Waals surface area (Å²) in [6, 6.07) is 12.7. The number of benzene rings is 2. The third-order valence-electron chi connectivity index (χ3n) is 5.55. The first-order valence-electron chi connectivity index (χ1n) is 9.79. The Morgan fingerprint density at radius 2 is 1.57 bits per heavy atom. The van der Waals surface area contributed by atoms with Crippen molar-refractivity contribution in [1.29, 1.82) is 0 Å². The standard InChI is InChI=1S/C21H22FN3O4S/c22-15-6-8-17(9-7-15)25-20(26)14-19(21(25)27)24-12-10-16(11-13-24)23-30(28,29)18-4-2-1-3-5-18/h1-9,16,19,23H,10-14H2. The van der Waals surface area contributed by atoms with Gasteiger partial charge in [-0.2, -0.15) is 0 Å². The van der Waals surface area contributed by atoms with Gasteiger partial charge < -0.3 is 0 Å². The minimum atomic E-state index is -3.59. The fraction of sp³-hybridized carbons (Fsp3) is 0.333. The van der Waals surface area contributed by atoms with Gasteiger partial charge >= 0.3 is 0 Å². The van der Waals surface area contributed by atoms with E-state index in [1.807, 2.05) is 4.90 Å². The lowest BCUT2D eigenvalue weighted by Gasteiger charge is -2.34. The number of imide groups is 1. The maximum atomic E-state index is 13.2. The smallest absolute Gasteiger partial charge is 0.251 e. The van der Waals surface area contributed by atoms with Crippen LogP contribution >= 0.6 is 0 Å². The quantitative estimate of drug-likeness (QED) is 0.731. The van der Waals surface area contributed by atoms with E-state index in [0.717, 1.165) is 4.90 Å². The third-order valence-corrected chi connectivity index (χ3v) is 7.09. The molecule has 7 nitrogen and oxygen atoms in total. The van der Waals surface area contributed by atoms with Gasteiger partial charge in [0.2, 0.25) is 15.9 Å². The number of rotatable bonds is 5. The van der Waals surface area contributed by atoms with E-state index in [4.69, 9.17) is 0 Å². The van der Waals surface area contributed by atoms with Crippen LogP contribution in [-0.2, 0) is 19.6 Å². The van der Waals surface area contributed by atoms with Gasteiger partial charge in [0, 0.05) is 19.1 Å². The first-order chi connectivity index (χ1) is 14.3. The zero-order chi connectivity index (χ0) is 21.3. The second-order valence-electron chi connectivity index (χ2n) is 7.51. The highest BCUT2D eigenvalue weighted by Gasteiger charge is 2.43. The average Bonchev–Trinajstić information content (AvgIpc) is 3.04. The maximum Gasteiger partial charge on any atom is 0.251 e. The second-order valence-corrected chi connectivity index (χ2v) is 9.22. The largest absolute Gasteiger partial charge is 0.291 e. The van der Waals surface area contributed by atoms with Crippen molar-refractivity contribution in [2.24, 2.45) is 0 Å². The zero-order valence-corrected chi connectivity index (χ0v) is 17.0. The van der Waals surface area contributed by atoms with Gasteiger partial charge in [-0.3, -0.25) is 14.5 Å². The van der Waals surface area contributed by atoms with Gasteiger partial charge in [0.25, 0.3) is 5.91 Å². The molecule has 2 aliphatic heterocycles. The Hall–Kier alpha value is -2.62. The van der Waals surface area contributed by atoms with Crippen molar-refractivity contribution in [1.82, 2.24) is 9.62 Å². The third kappa shape index (κ3) is 4.14. The molecule has 2 aliphatic rings. The molecule has 158 valence electrons. The van der Waals surface area contributed by atoms with Gasteiger partial charge in [0.1, 0.15) is 5.82 Å². The lowest BCUT2D eigenvalue weighted by Crippen LogP contribution is -2.50. The van der Waals surface area contributed by atoms with E-state index in [1.165, 1.54) is 24.3 Å². The number of amides is 2. The summed E-state index contributed by atoms with van der Waals surface area (Å²) in [4.78, 5) is 28.5. The Bertz CT molecular complexity index is 1040.